The number of hydrogen-bond donors (Lipinski definition) is 1. The van der Waals surface area contributed by atoms with Gasteiger partial charge >= 0.3 is 0 Å². The van der Waals surface area contributed by atoms with Gasteiger partial charge in [-0.15, -0.1) is 0 Å². The molecule has 0 unspecified atom stereocenters. The van der Waals surface area contributed by atoms with E-state index in [1.807, 2.05) is 18.2 Å². The van der Waals surface area contributed by atoms with E-state index in [4.69, 9.17) is 17.3 Å². The molecule has 6 heteroatoms. The van der Waals surface area contributed by atoms with Gasteiger partial charge in [0.2, 0.25) is 0 Å². The van der Waals surface area contributed by atoms with Crippen LogP contribution in [0.25, 0.3) is 0 Å². The van der Waals surface area contributed by atoms with E-state index in [0.29, 0.717) is 0 Å². The lowest BCUT2D eigenvalue weighted by atomic mass is 10.3. The van der Waals surface area contributed by atoms with Gasteiger partial charge in [-0.05, 0) is 30.1 Å². The third-order valence-corrected chi connectivity index (χ3v) is 5.26. The molecule has 0 spiro atoms. The van der Waals surface area contributed by atoms with Crippen LogP contribution in [0.1, 0.15) is 12.8 Å². The van der Waals surface area contributed by atoms with Gasteiger partial charge in [-0.2, -0.15) is 0 Å². The highest BCUT2D eigenvalue weighted by molar-refractivity contribution is 7.97. The van der Waals surface area contributed by atoms with Crippen molar-refractivity contribution >= 4 is 29.2 Å². The van der Waals surface area contributed by atoms with Gasteiger partial charge in [-0.25, -0.2) is 4.31 Å². The average molecular weight is 375 g/mol. The Morgan fingerprint density at radius 1 is 0.958 bits per heavy atom. The molecule has 24 heavy (non-hydrogen) atoms. The Bertz CT molecular complexity index is 489. The SMILES string of the molecule is C[N+](C)(C)CCCN(CCC[N+](C)(C)C)Sc1cc(N)ccc1Cl. The molecule has 0 radical (unpaired) electrons. The molecule has 0 fully saturated rings. The van der Waals surface area contributed by atoms with Gasteiger partial charge in [0, 0.05) is 36.5 Å². The Kier molecular flexibility index (Phi) is 8.36. The number of nitrogen functional groups attached to an aromatic ring is 1. The number of quaternary nitrogens is 2. The molecule has 4 nitrogen and oxygen atoms in total. The molecule has 1 rings (SSSR count). The van der Waals surface area contributed by atoms with Gasteiger partial charge < -0.3 is 14.7 Å². The fourth-order valence-corrected chi connectivity index (χ4v) is 3.66. The number of hydrogen-bond acceptors (Lipinski definition) is 3. The van der Waals surface area contributed by atoms with Crippen LogP contribution in [-0.4, -0.2) is 81.7 Å². The summed E-state index contributed by atoms with van der Waals surface area (Å²) in [5, 5.41) is 0.775. The fraction of sp³-hybridized carbons (Fsp3) is 0.667. The zero-order valence-corrected chi connectivity index (χ0v) is 17.8. The van der Waals surface area contributed by atoms with Crippen molar-refractivity contribution < 1.29 is 8.97 Å². The van der Waals surface area contributed by atoms with Crippen molar-refractivity contribution in [3.05, 3.63) is 23.2 Å². The van der Waals surface area contributed by atoms with E-state index in [-0.39, 0.29) is 0 Å². The fourth-order valence-electron chi connectivity index (χ4n) is 2.37. The first-order valence-electron chi connectivity index (χ1n) is 8.55. The quantitative estimate of drug-likeness (QED) is 0.386. The summed E-state index contributed by atoms with van der Waals surface area (Å²) in [6.45, 7) is 4.44. The Labute approximate surface area is 157 Å². The van der Waals surface area contributed by atoms with Crippen LogP contribution in [0.3, 0.4) is 0 Å². The molecular weight excluding hydrogens is 340 g/mol. The second-order valence-corrected chi connectivity index (χ2v) is 9.99. The lowest BCUT2D eigenvalue weighted by Crippen LogP contribution is -2.38. The van der Waals surface area contributed by atoms with Crippen molar-refractivity contribution in [1.82, 2.24) is 4.31 Å². The number of nitrogens with zero attached hydrogens (tertiary/aromatic N) is 3. The van der Waals surface area contributed by atoms with Crippen LogP contribution in [0, 0.1) is 0 Å². The lowest BCUT2D eigenvalue weighted by Gasteiger charge is -2.28. The number of rotatable bonds is 10. The Hall–Kier alpha value is -0.460. The number of benzene rings is 1. The topological polar surface area (TPSA) is 29.3 Å². The van der Waals surface area contributed by atoms with E-state index in [1.54, 1.807) is 11.9 Å². The molecule has 0 amide bonds. The monoisotopic (exact) mass is 374 g/mol. The third-order valence-electron chi connectivity index (χ3n) is 3.66. The highest BCUT2D eigenvalue weighted by atomic mass is 35.5. The molecule has 0 aliphatic carbocycles. The second kappa shape index (κ2) is 9.30. The first-order valence-corrected chi connectivity index (χ1v) is 9.70. The summed E-state index contributed by atoms with van der Waals surface area (Å²) in [5.41, 5.74) is 6.69. The Morgan fingerprint density at radius 2 is 1.46 bits per heavy atom. The molecular formula is C18H35ClN4S+2. The molecule has 138 valence electrons. The van der Waals surface area contributed by atoms with Crippen molar-refractivity contribution in [2.75, 3.05) is 74.2 Å². The van der Waals surface area contributed by atoms with Crippen molar-refractivity contribution in [2.24, 2.45) is 0 Å². The predicted molar refractivity (Wildman–Crippen MR) is 108 cm³/mol. The molecule has 0 saturated heterocycles. The van der Waals surface area contributed by atoms with Gasteiger partial charge in [0.05, 0.1) is 60.4 Å². The first-order chi connectivity index (χ1) is 11.0. The summed E-state index contributed by atoms with van der Waals surface area (Å²) >= 11 is 8.08. The minimum atomic E-state index is 0.763. The Morgan fingerprint density at radius 3 is 1.92 bits per heavy atom. The normalized spacial score (nSPS) is 12.8. The summed E-state index contributed by atoms with van der Waals surface area (Å²) < 4.78 is 4.43. The third kappa shape index (κ3) is 9.74. The van der Waals surface area contributed by atoms with Crippen LogP contribution in [0.5, 0.6) is 0 Å². The molecule has 0 aliphatic heterocycles. The minimum Gasteiger partial charge on any atom is -0.399 e. The number of halogens is 1. The molecule has 0 heterocycles. The van der Waals surface area contributed by atoms with Crippen molar-refractivity contribution in [1.29, 1.82) is 0 Å². The maximum absolute atomic E-state index is 6.34. The van der Waals surface area contributed by atoms with Gasteiger partial charge in [0.1, 0.15) is 0 Å². The van der Waals surface area contributed by atoms with E-state index in [2.05, 4.69) is 46.6 Å². The van der Waals surface area contributed by atoms with Crippen LogP contribution >= 0.6 is 23.5 Å². The van der Waals surface area contributed by atoms with E-state index < -0.39 is 0 Å². The standard InChI is InChI=1S/C18H35ClN4S/c1-22(2,3)13-7-11-21(12-8-14-23(4,5)6)24-18-15-16(20)9-10-17(18)19/h9-10,15H,7-8,11-14,20H2,1-6H3/q+2. The van der Waals surface area contributed by atoms with Crippen LogP contribution in [0.15, 0.2) is 23.1 Å². The highest BCUT2D eigenvalue weighted by Gasteiger charge is 2.15. The minimum absolute atomic E-state index is 0.763. The van der Waals surface area contributed by atoms with Crippen LogP contribution < -0.4 is 5.73 Å². The summed E-state index contributed by atoms with van der Waals surface area (Å²) in [7, 11) is 13.4. The van der Waals surface area contributed by atoms with E-state index in [9.17, 15) is 0 Å². The molecule has 0 saturated carbocycles. The number of anilines is 1. The zero-order valence-electron chi connectivity index (χ0n) is 16.2. The highest BCUT2D eigenvalue weighted by Crippen LogP contribution is 2.31. The molecule has 0 bridgehead atoms. The summed E-state index contributed by atoms with van der Waals surface area (Å²) in [6.07, 6.45) is 2.33. The average Bonchev–Trinajstić information content (AvgIpc) is 2.39. The maximum atomic E-state index is 6.34. The van der Waals surface area contributed by atoms with Crippen LogP contribution in [0.2, 0.25) is 5.02 Å². The van der Waals surface area contributed by atoms with Gasteiger partial charge in [0.15, 0.2) is 0 Å². The summed E-state index contributed by atoms with van der Waals surface area (Å²) in [5.74, 6) is 0. The van der Waals surface area contributed by atoms with Crippen LogP contribution in [0.4, 0.5) is 5.69 Å². The van der Waals surface area contributed by atoms with Crippen LogP contribution in [-0.2, 0) is 0 Å². The maximum Gasteiger partial charge on any atom is 0.0793 e. The Balaban J connectivity index is 2.66. The van der Waals surface area contributed by atoms with Crippen molar-refractivity contribution in [3.63, 3.8) is 0 Å². The van der Waals surface area contributed by atoms with E-state index in [0.717, 1.165) is 50.8 Å². The van der Waals surface area contributed by atoms with E-state index >= 15 is 0 Å². The first kappa shape index (κ1) is 21.6. The molecule has 0 aromatic heterocycles. The largest absolute Gasteiger partial charge is 0.399 e. The summed E-state index contributed by atoms with van der Waals surface area (Å²) in [4.78, 5) is 1.05. The smallest absolute Gasteiger partial charge is 0.0793 e. The molecule has 0 aliphatic rings. The number of nitrogens with two attached hydrogens (primary N) is 1. The molecule has 1 aromatic rings. The second-order valence-electron chi connectivity index (χ2n) is 8.45. The molecule has 1 aromatic carbocycles. The molecule has 2 N–H and O–H groups in total. The van der Waals surface area contributed by atoms with Gasteiger partial charge in [-0.1, -0.05) is 11.6 Å². The zero-order chi connectivity index (χ0) is 18.4. The van der Waals surface area contributed by atoms with Gasteiger partial charge in [-0.3, -0.25) is 0 Å². The molecule has 0 atom stereocenters. The lowest BCUT2D eigenvalue weighted by molar-refractivity contribution is -0.870. The van der Waals surface area contributed by atoms with Crippen molar-refractivity contribution in [2.45, 2.75) is 17.7 Å². The van der Waals surface area contributed by atoms with E-state index in [1.165, 1.54) is 12.8 Å². The summed E-state index contributed by atoms with van der Waals surface area (Å²) in [6, 6.07) is 5.71. The predicted octanol–water partition coefficient (Wildman–Crippen LogP) is 3.42. The van der Waals surface area contributed by atoms with Gasteiger partial charge in [0.25, 0.3) is 0 Å². The van der Waals surface area contributed by atoms with Crippen molar-refractivity contribution in [3.8, 4) is 0 Å².